The molecular weight excluding hydrogens is 439 g/mol. The fourth-order valence-electron chi connectivity index (χ4n) is 3.71. The van der Waals surface area contributed by atoms with Crippen LogP contribution in [0, 0.1) is 5.92 Å². The Morgan fingerprint density at radius 3 is 2.88 bits per heavy atom. The van der Waals surface area contributed by atoms with Crippen LogP contribution in [0.3, 0.4) is 0 Å². The van der Waals surface area contributed by atoms with Gasteiger partial charge < -0.3 is 15.0 Å². The van der Waals surface area contributed by atoms with Gasteiger partial charge in [0.1, 0.15) is 0 Å². The Bertz CT molecular complexity index is 575. The van der Waals surface area contributed by atoms with Crippen molar-refractivity contribution < 1.29 is 4.74 Å². The minimum atomic E-state index is 0. The first-order valence-corrected chi connectivity index (χ1v) is 9.62. The summed E-state index contributed by atoms with van der Waals surface area (Å²) in [5.41, 5.74) is 2.98. The summed E-state index contributed by atoms with van der Waals surface area (Å²) >= 11 is 0. The fraction of sp³-hybridized carbons (Fsp3) is 0.650. The lowest BCUT2D eigenvalue weighted by atomic mass is 10.00. The number of rotatable bonds is 6. The van der Waals surface area contributed by atoms with Gasteiger partial charge in [-0.05, 0) is 30.9 Å². The maximum Gasteiger partial charge on any atom is 0.193 e. The molecule has 0 saturated carbocycles. The highest BCUT2D eigenvalue weighted by atomic mass is 127. The summed E-state index contributed by atoms with van der Waals surface area (Å²) in [6, 6.07) is 8.81. The lowest BCUT2D eigenvalue weighted by molar-refractivity contribution is 0.181. The van der Waals surface area contributed by atoms with Gasteiger partial charge >= 0.3 is 0 Å². The van der Waals surface area contributed by atoms with Gasteiger partial charge in [-0.15, -0.1) is 24.0 Å². The van der Waals surface area contributed by atoms with Gasteiger partial charge in [0.05, 0.1) is 13.2 Å². The molecule has 1 unspecified atom stereocenters. The normalized spacial score (nSPS) is 20.4. The third-order valence-electron chi connectivity index (χ3n) is 5.14. The van der Waals surface area contributed by atoms with Gasteiger partial charge in [-0.1, -0.05) is 24.3 Å². The second-order valence-corrected chi connectivity index (χ2v) is 7.14. The molecule has 0 amide bonds. The molecule has 1 aromatic carbocycles. The van der Waals surface area contributed by atoms with Crippen molar-refractivity contribution in [3.8, 4) is 0 Å². The van der Waals surface area contributed by atoms with Crippen LogP contribution >= 0.6 is 24.0 Å². The summed E-state index contributed by atoms with van der Waals surface area (Å²) in [7, 11) is 2.14. The van der Waals surface area contributed by atoms with Crippen molar-refractivity contribution >= 4 is 29.9 Å². The minimum Gasteiger partial charge on any atom is -0.381 e. The molecule has 1 aromatic rings. The monoisotopic (exact) mass is 472 g/mol. The number of hydrogen-bond acceptors (Lipinski definition) is 3. The van der Waals surface area contributed by atoms with E-state index >= 15 is 0 Å². The van der Waals surface area contributed by atoms with E-state index in [9.17, 15) is 0 Å². The quantitative estimate of drug-likeness (QED) is 0.393. The van der Waals surface area contributed by atoms with Crippen LogP contribution in [-0.4, -0.2) is 68.7 Å². The van der Waals surface area contributed by atoms with Gasteiger partial charge in [0.25, 0.3) is 0 Å². The Morgan fingerprint density at radius 1 is 1.35 bits per heavy atom. The zero-order valence-electron chi connectivity index (χ0n) is 16.1. The highest BCUT2D eigenvalue weighted by Crippen LogP contribution is 2.18. The minimum absolute atomic E-state index is 0. The molecule has 2 aliphatic rings. The van der Waals surface area contributed by atoms with E-state index in [4.69, 9.17) is 9.73 Å². The molecule has 0 aliphatic carbocycles. The Hall–Kier alpha value is -0.860. The van der Waals surface area contributed by atoms with E-state index in [2.05, 4.69) is 53.4 Å². The van der Waals surface area contributed by atoms with Gasteiger partial charge in [0, 0.05) is 52.3 Å². The van der Waals surface area contributed by atoms with E-state index < -0.39 is 0 Å². The molecule has 1 N–H and O–H groups in total. The second-order valence-electron chi connectivity index (χ2n) is 7.14. The van der Waals surface area contributed by atoms with Crippen LogP contribution in [0.1, 0.15) is 24.5 Å². The molecule has 5 nitrogen and oxygen atoms in total. The molecule has 1 saturated heterocycles. The van der Waals surface area contributed by atoms with Gasteiger partial charge in [-0.3, -0.25) is 9.89 Å². The fourth-order valence-corrected chi connectivity index (χ4v) is 3.71. The largest absolute Gasteiger partial charge is 0.381 e. The number of guanidine groups is 1. The average molecular weight is 472 g/mol. The van der Waals surface area contributed by atoms with E-state index in [0.29, 0.717) is 5.92 Å². The van der Waals surface area contributed by atoms with E-state index in [-0.39, 0.29) is 24.0 Å². The zero-order chi connectivity index (χ0) is 17.5. The van der Waals surface area contributed by atoms with Crippen LogP contribution in [-0.2, 0) is 17.7 Å². The molecular formula is C20H33IN4O. The Morgan fingerprint density at radius 2 is 2.15 bits per heavy atom. The van der Waals surface area contributed by atoms with Crippen LogP contribution in [0.5, 0.6) is 0 Å². The first kappa shape index (κ1) is 21.4. The average Bonchev–Trinajstić information content (AvgIpc) is 3.14. The van der Waals surface area contributed by atoms with Crippen LogP contribution in [0.25, 0.3) is 0 Å². The Kier molecular flexibility index (Phi) is 9.15. The topological polar surface area (TPSA) is 40.1 Å². The molecule has 0 aromatic heterocycles. The first-order chi connectivity index (χ1) is 12.3. The van der Waals surface area contributed by atoms with Crippen molar-refractivity contribution in [3.05, 3.63) is 35.4 Å². The number of nitrogens with zero attached hydrogens (tertiary/aromatic N) is 3. The molecule has 1 fully saturated rings. The number of nitrogens with one attached hydrogen (secondary N) is 1. The summed E-state index contributed by atoms with van der Waals surface area (Å²) < 4.78 is 5.49. The predicted octanol–water partition coefficient (Wildman–Crippen LogP) is 2.60. The molecule has 146 valence electrons. The van der Waals surface area contributed by atoms with Crippen molar-refractivity contribution in [2.45, 2.75) is 26.3 Å². The number of halogens is 1. The van der Waals surface area contributed by atoms with Crippen molar-refractivity contribution in [2.75, 3.05) is 53.0 Å². The first-order valence-electron chi connectivity index (χ1n) is 9.62. The summed E-state index contributed by atoms with van der Waals surface area (Å²) in [5.74, 6) is 1.65. The molecule has 2 heterocycles. The molecule has 0 bridgehead atoms. The molecule has 6 heteroatoms. The number of hydrogen-bond donors (Lipinski definition) is 1. The predicted molar refractivity (Wildman–Crippen MR) is 118 cm³/mol. The van der Waals surface area contributed by atoms with Crippen molar-refractivity contribution in [3.63, 3.8) is 0 Å². The Balaban J connectivity index is 0.00000243. The van der Waals surface area contributed by atoms with Crippen LogP contribution in [0.2, 0.25) is 0 Å². The molecule has 26 heavy (non-hydrogen) atoms. The van der Waals surface area contributed by atoms with E-state index in [1.165, 1.54) is 11.1 Å². The van der Waals surface area contributed by atoms with Crippen molar-refractivity contribution in [1.82, 2.24) is 15.1 Å². The van der Waals surface area contributed by atoms with Gasteiger partial charge in [0.2, 0.25) is 0 Å². The van der Waals surface area contributed by atoms with Gasteiger partial charge in [0.15, 0.2) is 5.96 Å². The van der Waals surface area contributed by atoms with Crippen molar-refractivity contribution in [1.29, 1.82) is 0 Å². The number of ether oxygens (including phenoxy) is 1. The third kappa shape index (κ3) is 6.09. The molecule has 3 rings (SSSR count). The molecule has 0 spiro atoms. The SMILES string of the molecule is CCNC(=NCCN1CCc2ccccc2C1)N(C)CC1CCOC1.I. The summed E-state index contributed by atoms with van der Waals surface area (Å²) in [6.45, 7) is 9.89. The van der Waals surface area contributed by atoms with Crippen LogP contribution in [0.15, 0.2) is 29.3 Å². The summed E-state index contributed by atoms with van der Waals surface area (Å²) in [5, 5.41) is 3.43. The maximum atomic E-state index is 5.49. The van der Waals surface area contributed by atoms with Gasteiger partial charge in [-0.25, -0.2) is 0 Å². The van der Waals surface area contributed by atoms with Crippen LogP contribution in [0.4, 0.5) is 0 Å². The van der Waals surface area contributed by atoms with Crippen molar-refractivity contribution in [2.24, 2.45) is 10.9 Å². The summed E-state index contributed by atoms with van der Waals surface area (Å²) in [4.78, 5) is 9.63. The highest BCUT2D eigenvalue weighted by molar-refractivity contribution is 14.0. The smallest absolute Gasteiger partial charge is 0.193 e. The number of fused-ring (bicyclic) bond motifs is 1. The third-order valence-corrected chi connectivity index (χ3v) is 5.14. The standard InChI is InChI=1S/C20H32N4O.HI/c1-3-21-20(23(2)14-17-9-13-25-16-17)22-10-12-24-11-8-18-6-4-5-7-19(18)15-24;/h4-7,17H,3,8-16H2,1-2H3,(H,21,22);1H. The van der Waals surface area contributed by atoms with Crippen LogP contribution < -0.4 is 5.32 Å². The van der Waals surface area contributed by atoms with E-state index in [0.717, 1.165) is 71.3 Å². The number of benzene rings is 1. The lowest BCUT2D eigenvalue weighted by Crippen LogP contribution is -2.42. The second kappa shape index (κ2) is 11.1. The highest BCUT2D eigenvalue weighted by Gasteiger charge is 2.19. The zero-order valence-corrected chi connectivity index (χ0v) is 18.4. The molecule has 1 atom stereocenters. The molecule has 2 aliphatic heterocycles. The van der Waals surface area contributed by atoms with E-state index in [1.807, 2.05) is 0 Å². The molecule has 0 radical (unpaired) electrons. The summed E-state index contributed by atoms with van der Waals surface area (Å²) in [6.07, 6.45) is 2.32. The Labute approximate surface area is 175 Å². The lowest BCUT2D eigenvalue weighted by Gasteiger charge is -2.28. The maximum absolute atomic E-state index is 5.49. The van der Waals surface area contributed by atoms with Gasteiger partial charge in [-0.2, -0.15) is 0 Å². The van der Waals surface area contributed by atoms with E-state index in [1.54, 1.807) is 0 Å². The number of aliphatic imine (C=N–C) groups is 1.